The number of anilines is 1. The summed E-state index contributed by atoms with van der Waals surface area (Å²) >= 11 is 0. The molecule has 0 aliphatic carbocycles. The predicted molar refractivity (Wildman–Crippen MR) is 106 cm³/mol. The third-order valence-electron chi connectivity index (χ3n) is 4.16. The van der Waals surface area contributed by atoms with Crippen LogP contribution in [-0.2, 0) is 26.3 Å². The Morgan fingerprint density at radius 2 is 1.96 bits per heavy atom. The molecule has 0 saturated carbocycles. The fourth-order valence-corrected chi connectivity index (χ4v) is 3.25. The molecule has 1 aromatic heterocycles. The average molecular weight is 415 g/mol. The largest absolute Gasteiger partial charge is 0.444 e. The van der Waals surface area contributed by atoms with Gasteiger partial charge in [-0.1, -0.05) is 0 Å². The Labute approximate surface area is 167 Å². The van der Waals surface area contributed by atoms with Crippen LogP contribution in [-0.4, -0.2) is 67.6 Å². The highest BCUT2D eigenvalue weighted by Crippen LogP contribution is 2.21. The number of hydrogen-bond acceptors (Lipinski definition) is 6. The number of pyridine rings is 1. The lowest BCUT2D eigenvalue weighted by atomic mass is 10.1. The Morgan fingerprint density at radius 1 is 1.32 bits per heavy atom. The summed E-state index contributed by atoms with van der Waals surface area (Å²) in [5.41, 5.74) is 0.393. The normalized spacial score (nSPS) is 16.3. The number of hydrogen-bond donors (Lipinski definition) is 1. The molecule has 0 atom stereocenters. The van der Waals surface area contributed by atoms with Gasteiger partial charge in [0.1, 0.15) is 5.60 Å². The third kappa shape index (κ3) is 6.61. The van der Waals surface area contributed by atoms with Crippen molar-refractivity contribution in [1.29, 1.82) is 0 Å². The van der Waals surface area contributed by atoms with Crippen LogP contribution in [0.5, 0.6) is 0 Å². The van der Waals surface area contributed by atoms with Gasteiger partial charge in [-0.3, -0.25) is 9.71 Å². The van der Waals surface area contributed by atoms with Gasteiger partial charge in [-0.05, 0) is 45.7 Å². The Balaban J connectivity index is 1.89. The lowest BCUT2D eigenvalue weighted by molar-refractivity contribution is -0.0176. The van der Waals surface area contributed by atoms with E-state index in [0.29, 0.717) is 37.3 Å². The van der Waals surface area contributed by atoms with E-state index in [2.05, 4.69) is 9.71 Å². The second-order valence-electron chi connectivity index (χ2n) is 7.86. The zero-order valence-electron chi connectivity index (χ0n) is 17.1. The van der Waals surface area contributed by atoms with Crippen molar-refractivity contribution < 1.29 is 22.7 Å². The number of aromatic nitrogens is 1. The minimum absolute atomic E-state index is 0.0287. The summed E-state index contributed by atoms with van der Waals surface area (Å²) in [5.74, 6) is 0. The van der Waals surface area contributed by atoms with Gasteiger partial charge in [0.25, 0.3) is 0 Å². The number of rotatable bonds is 6. The molecule has 0 radical (unpaired) electrons. The van der Waals surface area contributed by atoms with E-state index in [9.17, 15) is 13.2 Å². The molecule has 2 rings (SSSR count). The van der Waals surface area contributed by atoms with Crippen LogP contribution in [0.1, 0.15) is 39.3 Å². The van der Waals surface area contributed by atoms with Crippen LogP contribution in [0.2, 0.25) is 0 Å². The smallest absolute Gasteiger partial charge is 0.410 e. The molecular weight excluding hydrogens is 384 g/mol. The van der Waals surface area contributed by atoms with Crippen LogP contribution in [0.4, 0.5) is 10.5 Å². The van der Waals surface area contributed by atoms with Gasteiger partial charge in [0.15, 0.2) is 0 Å². The maximum atomic E-state index is 12.1. The van der Waals surface area contributed by atoms with Gasteiger partial charge >= 0.3 is 16.3 Å². The summed E-state index contributed by atoms with van der Waals surface area (Å²) in [6, 6.07) is 3.31. The first kappa shape index (κ1) is 22.4. The van der Waals surface area contributed by atoms with E-state index in [1.165, 1.54) is 14.1 Å². The molecule has 158 valence electrons. The molecule has 1 amide bonds. The summed E-state index contributed by atoms with van der Waals surface area (Å²) in [7, 11) is -0.716. The first-order valence-electron chi connectivity index (χ1n) is 9.21. The number of nitrogens with one attached hydrogen (secondary N) is 1. The van der Waals surface area contributed by atoms with Crippen molar-refractivity contribution in [2.75, 3.05) is 31.9 Å². The van der Waals surface area contributed by atoms with Gasteiger partial charge in [0.2, 0.25) is 0 Å². The molecule has 0 aromatic carbocycles. The Hall–Kier alpha value is -1.91. The van der Waals surface area contributed by atoms with Crippen LogP contribution in [0.3, 0.4) is 0 Å². The number of ether oxygens (including phenoxy) is 2. The van der Waals surface area contributed by atoms with Gasteiger partial charge < -0.3 is 14.4 Å². The summed E-state index contributed by atoms with van der Waals surface area (Å²) in [5, 5.41) is 0. The molecule has 2 heterocycles. The van der Waals surface area contributed by atoms with E-state index >= 15 is 0 Å². The van der Waals surface area contributed by atoms with Gasteiger partial charge in [-0.2, -0.15) is 12.7 Å². The quantitative estimate of drug-likeness (QED) is 0.766. The monoisotopic (exact) mass is 414 g/mol. The van der Waals surface area contributed by atoms with Crippen molar-refractivity contribution >= 4 is 22.0 Å². The SMILES string of the molecule is CN(C)S(=O)(=O)Nc1cccnc1COC1CCN(C(=O)OC(C)(C)C)CC1. The minimum Gasteiger partial charge on any atom is -0.444 e. The van der Waals surface area contributed by atoms with E-state index in [-0.39, 0.29) is 18.8 Å². The fourth-order valence-electron chi connectivity index (χ4n) is 2.60. The molecule has 1 aliphatic heterocycles. The highest BCUT2D eigenvalue weighted by molar-refractivity contribution is 7.90. The van der Waals surface area contributed by atoms with Crippen molar-refractivity contribution in [3.63, 3.8) is 0 Å². The van der Waals surface area contributed by atoms with Gasteiger partial charge in [-0.25, -0.2) is 4.79 Å². The van der Waals surface area contributed by atoms with Crippen molar-refractivity contribution in [3.05, 3.63) is 24.0 Å². The molecule has 0 bridgehead atoms. The molecule has 0 spiro atoms. The molecular formula is C18H30N4O5S. The third-order valence-corrected chi connectivity index (χ3v) is 5.60. The lowest BCUT2D eigenvalue weighted by Gasteiger charge is -2.33. The van der Waals surface area contributed by atoms with E-state index in [1.807, 2.05) is 20.8 Å². The standard InChI is InChI=1S/C18H30N4O5S/c1-18(2,3)27-17(23)22-11-8-14(9-12-22)26-13-16-15(7-6-10-19-16)20-28(24,25)21(4)5/h6-7,10,14,20H,8-9,11-13H2,1-5H3. The van der Waals surface area contributed by atoms with Gasteiger partial charge in [0.05, 0.1) is 24.1 Å². The fraction of sp³-hybridized carbons (Fsp3) is 0.667. The molecule has 1 aliphatic rings. The number of nitrogens with zero attached hydrogens (tertiary/aromatic N) is 3. The summed E-state index contributed by atoms with van der Waals surface area (Å²) in [6.07, 6.45) is 2.63. The topological polar surface area (TPSA) is 101 Å². The zero-order valence-corrected chi connectivity index (χ0v) is 18.0. The number of piperidine rings is 1. The van der Waals surface area contributed by atoms with Crippen LogP contribution < -0.4 is 4.72 Å². The number of likely N-dealkylation sites (tertiary alicyclic amines) is 1. The first-order valence-corrected chi connectivity index (χ1v) is 10.7. The molecule has 0 unspecified atom stereocenters. The van der Waals surface area contributed by atoms with Crippen molar-refractivity contribution in [3.8, 4) is 0 Å². The molecule has 28 heavy (non-hydrogen) atoms. The molecule has 1 saturated heterocycles. The summed E-state index contributed by atoms with van der Waals surface area (Å²) in [6.45, 7) is 6.83. The van der Waals surface area contributed by atoms with Crippen molar-refractivity contribution in [2.24, 2.45) is 0 Å². The van der Waals surface area contributed by atoms with Gasteiger partial charge in [-0.15, -0.1) is 0 Å². The van der Waals surface area contributed by atoms with E-state index < -0.39 is 15.8 Å². The highest BCUT2D eigenvalue weighted by atomic mass is 32.2. The van der Waals surface area contributed by atoms with Crippen molar-refractivity contribution in [1.82, 2.24) is 14.2 Å². The molecule has 1 aromatic rings. The van der Waals surface area contributed by atoms with E-state index in [4.69, 9.17) is 9.47 Å². The number of amides is 1. The molecule has 10 heteroatoms. The highest BCUT2D eigenvalue weighted by Gasteiger charge is 2.27. The second-order valence-corrected chi connectivity index (χ2v) is 9.75. The number of carbonyl (C=O) groups is 1. The second kappa shape index (κ2) is 9.06. The van der Waals surface area contributed by atoms with E-state index in [0.717, 1.165) is 4.31 Å². The average Bonchev–Trinajstić information content (AvgIpc) is 2.59. The number of carbonyl (C=O) groups excluding carboxylic acids is 1. The zero-order chi connectivity index (χ0) is 20.9. The Kier molecular flexibility index (Phi) is 7.24. The van der Waals surface area contributed by atoms with Crippen LogP contribution >= 0.6 is 0 Å². The molecule has 1 N–H and O–H groups in total. The van der Waals surface area contributed by atoms with Crippen molar-refractivity contribution in [2.45, 2.75) is 51.9 Å². The maximum Gasteiger partial charge on any atom is 0.410 e. The van der Waals surface area contributed by atoms with E-state index in [1.54, 1.807) is 23.2 Å². The van der Waals surface area contributed by atoms with Crippen LogP contribution in [0, 0.1) is 0 Å². The summed E-state index contributed by atoms with van der Waals surface area (Å²) in [4.78, 5) is 18.0. The van der Waals surface area contributed by atoms with Crippen LogP contribution in [0.25, 0.3) is 0 Å². The lowest BCUT2D eigenvalue weighted by Crippen LogP contribution is -2.43. The Morgan fingerprint density at radius 3 is 2.54 bits per heavy atom. The summed E-state index contributed by atoms with van der Waals surface area (Å²) < 4.78 is 39.0. The predicted octanol–water partition coefficient (Wildman–Crippen LogP) is 2.22. The minimum atomic E-state index is -3.62. The van der Waals surface area contributed by atoms with Crippen LogP contribution in [0.15, 0.2) is 18.3 Å². The molecule has 1 fully saturated rings. The first-order chi connectivity index (χ1) is 13.0. The maximum absolute atomic E-state index is 12.1. The molecule has 9 nitrogen and oxygen atoms in total. The van der Waals surface area contributed by atoms with Gasteiger partial charge in [0, 0.05) is 33.4 Å². The Bertz CT molecular complexity index is 768.